The molecule has 21 heavy (non-hydrogen) atoms. The van der Waals surface area contributed by atoms with Gasteiger partial charge in [0.2, 0.25) is 0 Å². The summed E-state index contributed by atoms with van der Waals surface area (Å²) in [5, 5.41) is 4.52. The molecule has 1 atom stereocenters. The highest BCUT2D eigenvalue weighted by atomic mass is 19.1. The van der Waals surface area contributed by atoms with Crippen LogP contribution in [0.4, 0.5) is 4.39 Å². The summed E-state index contributed by atoms with van der Waals surface area (Å²) in [6.07, 6.45) is 4.96. The fraction of sp³-hybridized carbons (Fsp3) is 0.375. The van der Waals surface area contributed by atoms with E-state index in [1.165, 1.54) is 26.0 Å². The highest BCUT2D eigenvalue weighted by Crippen LogP contribution is 2.39. The number of ether oxygens (including phenoxy) is 1. The van der Waals surface area contributed by atoms with Crippen LogP contribution in [0.15, 0.2) is 24.4 Å². The summed E-state index contributed by atoms with van der Waals surface area (Å²) in [6, 6.07) is 4.78. The van der Waals surface area contributed by atoms with Crippen molar-refractivity contribution in [3.63, 3.8) is 0 Å². The first kappa shape index (κ1) is 13.8. The maximum Gasteiger partial charge on any atom is 0.165 e. The molecule has 1 aromatic heterocycles. The molecule has 0 radical (unpaired) electrons. The van der Waals surface area contributed by atoms with E-state index >= 15 is 0 Å². The standard InChI is InChI=1S/C16H17FN2O2/c1-10(11-3-4-11)19-8-13(9-20)16(18-19)12-5-6-14(17)15(7-12)21-2/h5-11H,3-4H2,1-2H3. The van der Waals surface area contributed by atoms with Crippen LogP contribution in [0.1, 0.15) is 36.2 Å². The zero-order valence-corrected chi connectivity index (χ0v) is 12.0. The Balaban J connectivity index is 2.02. The van der Waals surface area contributed by atoms with Crippen molar-refractivity contribution in [1.82, 2.24) is 9.78 Å². The van der Waals surface area contributed by atoms with Gasteiger partial charge in [-0.3, -0.25) is 9.48 Å². The molecule has 1 aliphatic rings. The first-order chi connectivity index (χ1) is 10.1. The maximum atomic E-state index is 13.5. The van der Waals surface area contributed by atoms with Crippen molar-refractivity contribution in [2.24, 2.45) is 5.92 Å². The lowest BCUT2D eigenvalue weighted by molar-refractivity contribution is 0.112. The molecule has 0 bridgehead atoms. The van der Waals surface area contributed by atoms with Gasteiger partial charge in [0.05, 0.1) is 18.7 Å². The fourth-order valence-electron chi connectivity index (χ4n) is 2.53. The molecule has 1 aromatic carbocycles. The van der Waals surface area contributed by atoms with Crippen LogP contribution in [0, 0.1) is 11.7 Å². The number of aldehydes is 1. The average Bonchev–Trinajstić information content (AvgIpc) is 3.26. The Bertz CT molecular complexity index is 677. The van der Waals surface area contributed by atoms with Gasteiger partial charge in [-0.25, -0.2) is 4.39 Å². The molecule has 5 heteroatoms. The van der Waals surface area contributed by atoms with Crippen LogP contribution < -0.4 is 4.74 Å². The normalized spacial score (nSPS) is 15.8. The second-order valence-electron chi connectivity index (χ2n) is 5.46. The Labute approximate surface area is 122 Å². The Hall–Kier alpha value is -2.17. The third kappa shape index (κ3) is 2.55. The largest absolute Gasteiger partial charge is 0.494 e. The number of hydrogen-bond acceptors (Lipinski definition) is 3. The molecule has 1 unspecified atom stereocenters. The number of hydrogen-bond donors (Lipinski definition) is 0. The van der Waals surface area contributed by atoms with Gasteiger partial charge in [-0.05, 0) is 43.9 Å². The summed E-state index contributed by atoms with van der Waals surface area (Å²) < 4.78 is 20.3. The molecule has 0 spiro atoms. The molecule has 0 saturated heterocycles. The summed E-state index contributed by atoms with van der Waals surface area (Å²) in [4.78, 5) is 11.3. The molecule has 1 saturated carbocycles. The van der Waals surface area contributed by atoms with Crippen LogP contribution in [-0.4, -0.2) is 23.2 Å². The Morgan fingerprint density at radius 3 is 2.86 bits per heavy atom. The van der Waals surface area contributed by atoms with Gasteiger partial charge in [-0.2, -0.15) is 5.10 Å². The van der Waals surface area contributed by atoms with E-state index in [2.05, 4.69) is 12.0 Å². The van der Waals surface area contributed by atoms with Gasteiger partial charge in [0.1, 0.15) is 5.69 Å². The predicted molar refractivity (Wildman–Crippen MR) is 77.0 cm³/mol. The van der Waals surface area contributed by atoms with Gasteiger partial charge in [0.25, 0.3) is 0 Å². The Kier molecular flexibility index (Phi) is 3.49. The van der Waals surface area contributed by atoms with Crippen molar-refractivity contribution < 1.29 is 13.9 Å². The van der Waals surface area contributed by atoms with E-state index in [1.807, 2.05) is 4.68 Å². The van der Waals surface area contributed by atoms with Crippen LogP contribution >= 0.6 is 0 Å². The topological polar surface area (TPSA) is 44.1 Å². The fourth-order valence-corrected chi connectivity index (χ4v) is 2.53. The molecule has 110 valence electrons. The van der Waals surface area contributed by atoms with Crippen LogP contribution in [-0.2, 0) is 0 Å². The van der Waals surface area contributed by atoms with E-state index in [0.29, 0.717) is 22.7 Å². The zero-order valence-electron chi connectivity index (χ0n) is 12.0. The van der Waals surface area contributed by atoms with Gasteiger partial charge in [-0.15, -0.1) is 0 Å². The molecule has 1 aliphatic carbocycles. The maximum absolute atomic E-state index is 13.5. The minimum Gasteiger partial charge on any atom is -0.494 e. The lowest BCUT2D eigenvalue weighted by atomic mass is 10.1. The quantitative estimate of drug-likeness (QED) is 0.791. The number of rotatable bonds is 5. The number of methoxy groups -OCH3 is 1. The van der Waals surface area contributed by atoms with Crippen LogP contribution in [0.25, 0.3) is 11.3 Å². The molecule has 2 aromatic rings. The van der Waals surface area contributed by atoms with Gasteiger partial charge >= 0.3 is 0 Å². The van der Waals surface area contributed by atoms with Crippen molar-refractivity contribution >= 4 is 6.29 Å². The molecule has 1 fully saturated rings. The monoisotopic (exact) mass is 288 g/mol. The predicted octanol–water partition coefficient (Wildman–Crippen LogP) is 3.48. The number of benzene rings is 1. The van der Waals surface area contributed by atoms with Gasteiger partial charge in [0.15, 0.2) is 17.9 Å². The Morgan fingerprint density at radius 1 is 1.48 bits per heavy atom. The lowest BCUT2D eigenvalue weighted by Gasteiger charge is -2.10. The minimum atomic E-state index is -0.431. The van der Waals surface area contributed by atoms with Crippen molar-refractivity contribution in [3.8, 4) is 17.0 Å². The molecule has 0 amide bonds. The molecule has 0 aliphatic heterocycles. The number of carbonyl (C=O) groups is 1. The van der Waals surface area contributed by atoms with E-state index in [9.17, 15) is 9.18 Å². The summed E-state index contributed by atoms with van der Waals surface area (Å²) in [5.74, 6) is 0.355. The van der Waals surface area contributed by atoms with Crippen molar-refractivity contribution in [1.29, 1.82) is 0 Å². The minimum absolute atomic E-state index is 0.147. The Morgan fingerprint density at radius 2 is 2.24 bits per heavy atom. The highest BCUT2D eigenvalue weighted by Gasteiger charge is 2.30. The third-order valence-corrected chi connectivity index (χ3v) is 4.03. The molecule has 4 nitrogen and oxygen atoms in total. The molecule has 1 heterocycles. The van der Waals surface area contributed by atoms with Gasteiger partial charge in [0, 0.05) is 11.8 Å². The van der Waals surface area contributed by atoms with Crippen molar-refractivity contribution in [2.45, 2.75) is 25.8 Å². The average molecular weight is 288 g/mol. The second kappa shape index (κ2) is 5.31. The lowest BCUT2D eigenvalue weighted by Crippen LogP contribution is -2.07. The van der Waals surface area contributed by atoms with Crippen molar-refractivity contribution in [2.75, 3.05) is 7.11 Å². The van der Waals surface area contributed by atoms with Gasteiger partial charge in [-0.1, -0.05) is 0 Å². The first-order valence-corrected chi connectivity index (χ1v) is 7.02. The smallest absolute Gasteiger partial charge is 0.165 e. The van der Waals surface area contributed by atoms with E-state index in [0.717, 1.165) is 6.29 Å². The number of aromatic nitrogens is 2. The summed E-state index contributed by atoms with van der Waals surface area (Å²) in [5.41, 5.74) is 1.75. The molecule has 0 N–H and O–H groups in total. The van der Waals surface area contributed by atoms with Crippen LogP contribution in [0.3, 0.4) is 0 Å². The zero-order chi connectivity index (χ0) is 15.0. The van der Waals surface area contributed by atoms with E-state index in [4.69, 9.17) is 4.74 Å². The van der Waals surface area contributed by atoms with E-state index in [1.54, 1.807) is 18.3 Å². The number of nitrogens with zero attached hydrogens (tertiary/aromatic N) is 2. The number of halogens is 1. The molecule has 3 rings (SSSR count). The SMILES string of the molecule is COc1cc(-c2nn(C(C)C3CC3)cc2C=O)ccc1F. The van der Waals surface area contributed by atoms with E-state index < -0.39 is 5.82 Å². The number of carbonyl (C=O) groups excluding carboxylic acids is 1. The van der Waals surface area contributed by atoms with Crippen LogP contribution in [0.2, 0.25) is 0 Å². The highest BCUT2D eigenvalue weighted by molar-refractivity contribution is 5.85. The van der Waals surface area contributed by atoms with Crippen molar-refractivity contribution in [3.05, 3.63) is 35.8 Å². The summed E-state index contributed by atoms with van der Waals surface area (Å²) >= 11 is 0. The van der Waals surface area contributed by atoms with Crippen LogP contribution in [0.5, 0.6) is 5.75 Å². The first-order valence-electron chi connectivity index (χ1n) is 7.02. The summed E-state index contributed by atoms with van der Waals surface area (Å²) in [7, 11) is 1.41. The molecular formula is C16H17FN2O2. The van der Waals surface area contributed by atoms with Gasteiger partial charge < -0.3 is 4.74 Å². The second-order valence-corrected chi connectivity index (χ2v) is 5.46. The summed E-state index contributed by atoms with van der Waals surface area (Å²) in [6.45, 7) is 2.11. The molecular weight excluding hydrogens is 271 g/mol. The van der Waals surface area contributed by atoms with E-state index in [-0.39, 0.29) is 11.8 Å². The third-order valence-electron chi connectivity index (χ3n) is 4.03.